The van der Waals surface area contributed by atoms with Crippen LogP contribution in [0.25, 0.3) is 0 Å². The van der Waals surface area contributed by atoms with Crippen LogP contribution in [-0.4, -0.2) is 11.1 Å². The molecule has 1 aliphatic rings. The smallest absolute Gasteiger partial charge is 0.310 e. The van der Waals surface area contributed by atoms with Crippen molar-refractivity contribution >= 4 is 17.3 Å². The molecule has 1 saturated carbocycles. The molecule has 1 heterocycles. The number of thiophene rings is 1. The average molecular weight is 266 g/mol. The Morgan fingerprint density at radius 1 is 1.50 bits per heavy atom. The van der Waals surface area contributed by atoms with Gasteiger partial charge in [0.05, 0.1) is 5.41 Å². The molecule has 3 heteroatoms. The van der Waals surface area contributed by atoms with Gasteiger partial charge in [-0.2, -0.15) is 0 Å². The van der Waals surface area contributed by atoms with Crippen LogP contribution >= 0.6 is 11.3 Å². The molecule has 0 aliphatic heterocycles. The average Bonchev–Trinajstić information content (AvgIpc) is 2.76. The Labute approximate surface area is 113 Å². The number of hydrogen-bond acceptors (Lipinski definition) is 2. The summed E-state index contributed by atoms with van der Waals surface area (Å²) < 4.78 is 0. The SMILES string of the molecule is CCc1ccc(CC2(C(=O)O)CCCC(C)C2)s1. The topological polar surface area (TPSA) is 37.3 Å². The van der Waals surface area contributed by atoms with E-state index in [9.17, 15) is 9.90 Å². The van der Waals surface area contributed by atoms with Crippen molar-refractivity contribution in [3.05, 3.63) is 21.9 Å². The fourth-order valence-electron chi connectivity index (χ4n) is 3.13. The number of aliphatic carboxylic acids is 1. The number of hydrogen-bond donors (Lipinski definition) is 1. The normalized spacial score (nSPS) is 28.2. The Kier molecular flexibility index (Phi) is 4.10. The largest absolute Gasteiger partial charge is 0.481 e. The van der Waals surface area contributed by atoms with Crippen molar-refractivity contribution in [3.8, 4) is 0 Å². The first-order chi connectivity index (χ1) is 8.55. The van der Waals surface area contributed by atoms with Crippen molar-refractivity contribution in [1.29, 1.82) is 0 Å². The minimum atomic E-state index is -0.597. The summed E-state index contributed by atoms with van der Waals surface area (Å²) in [5.74, 6) is -0.0547. The van der Waals surface area contributed by atoms with E-state index in [0.717, 1.165) is 32.1 Å². The Hall–Kier alpha value is -0.830. The van der Waals surface area contributed by atoms with E-state index < -0.39 is 11.4 Å². The second-order valence-corrected chi connectivity index (χ2v) is 6.94. The molecule has 18 heavy (non-hydrogen) atoms. The van der Waals surface area contributed by atoms with Gasteiger partial charge in [-0.15, -0.1) is 11.3 Å². The Balaban J connectivity index is 2.17. The van der Waals surface area contributed by atoms with Crippen LogP contribution in [0.4, 0.5) is 0 Å². The first kappa shape index (κ1) is 13.6. The Bertz CT molecular complexity index is 424. The highest BCUT2D eigenvalue weighted by Crippen LogP contribution is 2.43. The van der Waals surface area contributed by atoms with Gasteiger partial charge in [0, 0.05) is 9.75 Å². The number of carboxylic acids is 1. The summed E-state index contributed by atoms with van der Waals surface area (Å²) >= 11 is 1.78. The summed E-state index contributed by atoms with van der Waals surface area (Å²) in [6.45, 7) is 4.33. The second kappa shape index (κ2) is 5.43. The van der Waals surface area contributed by atoms with Crippen molar-refractivity contribution < 1.29 is 9.90 Å². The van der Waals surface area contributed by atoms with Crippen LogP contribution in [0.5, 0.6) is 0 Å². The van der Waals surface area contributed by atoms with Crippen LogP contribution in [0, 0.1) is 11.3 Å². The van der Waals surface area contributed by atoms with E-state index in [1.807, 2.05) is 0 Å². The number of carboxylic acid groups (broad SMARTS) is 1. The molecular formula is C15H22O2S. The van der Waals surface area contributed by atoms with Crippen LogP contribution in [0.15, 0.2) is 12.1 Å². The lowest BCUT2D eigenvalue weighted by atomic mass is 9.68. The third-order valence-corrected chi connectivity index (χ3v) is 5.35. The zero-order valence-electron chi connectivity index (χ0n) is 11.2. The fraction of sp³-hybridized carbons (Fsp3) is 0.667. The fourth-order valence-corrected chi connectivity index (χ4v) is 4.23. The van der Waals surface area contributed by atoms with Crippen molar-refractivity contribution in [2.45, 2.75) is 52.4 Å². The van der Waals surface area contributed by atoms with Gasteiger partial charge in [-0.05, 0) is 43.7 Å². The maximum absolute atomic E-state index is 11.7. The quantitative estimate of drug-likeness (QED) is 0.889. The molecule has 2 nitrogen and oxygen atoms in total. The molecular weight excluding hydrogens is 244 g/mol. The molecule has 2 unspecified atom stereocenters. The molecule has 1 fully saturated rings. The minimum Gasteiger partial charge on any atom is -0.481 e. The molecule has 0 bridgehead atoms. The maximum atomic E-state index is 11.7. The van der Waals surface area contributed by atoms with Crippen molar-refractivity contribution in [2.75, 3.05) is 0 Å². The number of carbonyl (C=O) groups is 1. The van der Waals surface area contributed by atoms with E-state index in [4.69, 9.17) is 0 Å². The lowest BCUT2D eigenvalue weighted by Crippen LogP contribution is -2.37. The molecule has 100 valence electrons. The highest BCUT2D eigenvalue weighted by Gasteiger charge is 2.42. The van der Waals surface area contributed by atoms with Crippen molar-refractivity contribution in [2.24, 2.45) is 11.3 Å². The third kappa shape index (κ3) is 2.77. The molecule has 1 aromatic rings. The van der Waals surface area contributed by atoms with E-state index in [0.29, 0.717) is 5.92 Å². The van der Waals surface area contributed by atoms with E-state index in [-0.39, 0.29) is 0 Å². The Morgan fingerprint density at radius 3 is 2.78 bits per heavy atom. The van der Waals surface area contributed by atoms with Gasteiger partial charge in [0.1, 0.15) is 0 Å². The van der Waals surface area contributed by atoms with E-state index in [1.54, 1.807) is 11.3 Å². The van der Waals surface area contributed by atoms with Crippen LogP contribution in [0.3, 0.4) is 0 Å². The molecule has 2 rings (SSSR count). The number of aryl methyl sites for hydroxylation is 1. The summed E-state index contributed by atoms with van der Waals surface area (Å²) in [5.41, 5.74) is -0.506. The van der Waals surface area contributed by atoms with Crippen LogP contribution < -0.4 is 0 Å². The zero-order chi connectivity index (χ0) is 13.2. The molecule has 1 N–H and O–H groups in total. The van der Waals surface area contributed by atoms with Gasteiger partial charge >= 0.3 is 5.97 Å². The summed E-state index contributed by atoms with van der Waals surface area (Å²) in [7, 11) is 0. The lowest BCUT2D eigenvalue weighted by molar-refractivity contribution is -0.152. The summed E-state index contributed by atoms with van der Waals surface area (Å²) in [6, 6.07) is 4.26. The van der Waals surface area contributed by atoms with Gasteiger partial charge in [-0.25, -0.2) is 0 Å². The highest BCUT2D eigenvalue weighted by molar-refractivity contribution is 7.12. The Morgan fingerprint density at radius 2 is 2.22 bits per heavy atom. The highest BCUT2D eigenvalue weighted by atomic mass is 32.1. The molecule has 0 radical (unpaired) electrons. The predicted molar refractivity (Wildman–Crippen MR) is 75.1 cm³/mol. The van der Waals surface area contributed by atoms with Crippen LogP contribution in [-0.2, 0) is 17.6 Å². The summed E-state index contributed by atoms with van der Waals surface area (Å²) in [4.78, 5) is 14.3. The van der Waals surface area contributed by atoms with Crippen LogP contribution in [0.1, 0.15) is 49.3 Å². The molecule has 2 atom stereocenters. The third-order valence-electron chi connectivity index (χ3n) is 4.12. The summed E-state index contributed by atoms with van der Waals surface area (Å²) in [6.07, 6.45) is 5.67. The molecule has 0 aromatic carbocycles. The monoisotopic (exact) mass is 266 g/mol. The zero-order valence-corrected chi connectivity index (χ0v) is 12.1. The van der Waals surface area contributed by atoms with E-state index >= 15 is 0 Å². The van der Waals surface area contributed by atoms with Gasteiger partial charge in [0.2, 0.25) is 0 Å². The second-order valence-electron chi connectivity index (χ2n) is 5.69. The van der Waals surface area contributed by atoms with Gasteiger partial charge in [-0.3, -0.25) is 4.79 Å². The molecule has 0 spiro atoms. The van der Waals surface area contributed by atoms with Gasteiger partial charge in [0.15, 0.2) is 0 Å². The van der Waals surface area contributed by atoms with Crippen molar-refractivity contribution in [3.63, 3.8) is 0 Å². The van der Waals surface area contributed by atoms with Gasteiger partial charge in [0.25, 0.3) is 0 Å². The lowest BCUT2D eigenvalue weighted by Gasteiger charge is -2.36. The van der Waals surface area contributed by atoms with Gasteiger partial charge < -0.3 is 5.11 Å². The van der Waals surface area contributed by atoms with E-state index in [1.165, 1.54) is 16.2 Å². The molecule has 1 aliphatic carbocycles. The first-order valence-electron chi connectivity index (χ1n) is 6.87. The predicted octanol–water partition coefficient (Wildman–Crippen LogP) is 4.13. The number of rotatable bonds is 4. The molecule has 1 aromatic heterocycles. The molecule has 0 saturated heterocycles. The molecule has 0 amide bonds. The maximum Gasteiger partial charge on any atom is 0.310 e. The minimum absolute atomic E-state index is 0.506. The van der Waals surface area contributed by atoms with Crippen LogP contribution in [0.2, 0.25) is 0 Å². The van der Waals surface area contributed by atoms with Gasteiger partial charge in [-0.1, -0.05) is 26.7 Å². The van der Waals surface area contributed by atoms with Crippen molar-refractivity contribution in [1.82, 2.24) is 0 Å². The first-order valence-corrected chi connectivity index (χ1v) is 7.68. The van der Waals surface area contributed by atoms with E-state index in [2.05, 4.69) is 26.0 Å². The summed E-state index contributed by atoms with van der Waals surface area (Å²) in [5, 5.41) is 9.64. The standard InChI is InChI=1S/C15H22O2S/c1-3-12-6-7-13(18-12)10-15(14(16)17)8-4-5-11(2)9-15/h6-7,11H,3-5,8-10H2,1-2H3,(H,16,17).